The van der Waals surface area contributed by atoms with Gasteiger partial charge < -0.3 is 4.74 Å². The van der Waals surface area contributed by atoms with E-state index in [9.17, 15) is 0 Å². The number of hydrogen-bond acceptors (Lipinski definition) is 4. The molecule has 0 bridgehead atoms. The van der Waals surface area contributed by atoms with E-state index in [-0.39, 0.29) is 6.79 Å². The molecule has 0 unspecified atom stereocenters. The number of hydrogen-bond donors (Lipinski definition) is 0. The van der Waals surface area contributed by atoms with Crippen LogP contribution in [-0.2, 0) is 14.4 Å². The molecular formula is C4H11NO3. The van der Waals surface area contributed by atoms with Gasteiger partial charge in [0, 0.05) is 14.2 Å². The first-order valence-corrected chi connectivity index (χ1v) is 2.21. The lowest BCUT2D eigenvalue weighted by atomic mass is 11.4. The number of nitrogens with zero attached hydrogens (tertiary/aromatic N) is 1. The van der Waals surface area contributed by atoms with Crippen molar-refractivity contribution in [3.63, 3.8) is 0 Å². The average molecular weight is 121 g/mol. The molecule has 0 rings (SSSR count). The van der Waals surface area contributed by atoms with Crippen LogP contribution in [0.1, 0.15) is 0 Å². The fourth-order valence-electron chi connectivity index (χ4n) is 0.180. The molecule has 0 amide bonds. The summed E-state index contributed by atoms with van der Waals surface area (Å²) in [5, 5.41) is 1.21. The van der Waals surface area contributed by atoms with E-state index in [0.29, 0.717) is 0 Å². The van der Waals surface area contributed by atoms with Crippen LogP contribution in [0, 0.1) is 0 Å². The zero-order valence-electron chi connectivity index (χ0n) is 5.38. The molecule has 0 fully saturated rings. The summed E-state index contributed by atoms with van der Waals surface area (Å²) in [6, 6.07) is 0. The lowest BCUT2D eigenvalue weighted by molar-refractivity contribution is -0.364. The molecular weight excluding hydrogens is 110 g/mol. The van der Waals surface area contributed by atoms with Crippen molar-refractivity contribution in [3.8, 4) is 0 Å². The Hall–Kier alpha value is -0.160. The maximum atomic E-state index is 4.73. The van der Waals surface area contributed by atoms with Crippen LogP contribution in [0.15, 0.2) is 0 Å². The second-order valence-electron chi connectivity index (χ2n) is 1.16. The molecule has 0 aliphatic heterocycles. The fraction of sp³-hybridized carbons (Fsp3) is 1.00. The smallest absolute Gasteiger partial charge is 0.169 e. The minimum Gasteiger partial charge on any atom is -0.357 e. The van der Waals surface area contributed by atoms with Crippen molar-refractivity contribution in [1.82, 2.24) is 5.23 Å². The third-order valence-corrected chi connectivity index (χ3v) is 0.609. The van der Waals surface area contributed by atoms with Crippen molar-refractivity contribution in [3.05, 3.63) is 0 Å². The molecule has 50 valence electrons. The highest BCUT2D eigenvalue weighted by molar-refractivity contribution is 3.93. The van der Waals surface area contributed by atoms with Crippen molar-refractivity contribution in [2.45, 2.75) is 0 Å². The molecule has 0 aliphatic rings. The minimum atomic E-state index is 0.213. The Balaban J connectivity index is 2.86. The first-order valence-electron chi connectivity index (χ1n) is 2.21. The minimum absolute atomic E-state index is 0.213. The number of rotatable bonds is 4. The maximum absolute atomic E-state index is 4.73. The number of hydroxylamine groups is 2. The third-order valence-electron chi connectivity index (χ3n) is 0.609. The van der Waals surface area contributed by atoms with E-state index in [1.165, 1.54) is 12.3 Å². The second kappa shape index (κ2) is 4.99. The molecule has 0 atom stereocenters. The molecule has 0 spiro atoms. The fourth-order valence-corrected chi connectivity index (χ4v) is 0.180. The van der Waals surface area contributed by atoms with Crippen LogP contribution in [-0.4, -0.2) is 33.3 Å². The van der Waals surface area contributed by atoms with Gasteiger partial charge in [-0.25, -0.2) is 4.84 Å². The SMILES string of the molecule is COCON(C)OC. The van der Waals surface area contributed by atoms with Crippen LogP contribution >= 0.6 is 0 Å². The summed E-state index contributed by atoms with van der Waals surface area (Å²) in [4.78, 5) is 9.31. The molecule has 0 saturated heterocycles. The summed E-state index contributed by atoms with van der Waals surface area (Å²) in [6.45, 7) is 0.213. The molecule has 0 N–H and O–H groups in total. The van der Waals surface area contributed by atoms with E-state index < -0.39 is 0 Å². The summed E-state index contributed by atoms with van der Waals surface area (Å²) in [6.07, 6.45) is 0. The predicted octanol–water partition coefficient (Wildman–Crippen LogP) is 0.0151. The monoisotopic (exact) mass is 121 g/mol. The zero-order chi connectivity index (χ0) is 6.41. The molecule has 0 aromatic carbocycles. The predicted molar refractivity (Wildman–Crippen MR) is 27.7 cm³/mol. The van der Waals surface area contributed by atoms with Gasteiger partial charge >= 0.3 is 0 Å². The highest BCUT2D eigenvalue weighted by Gasteiger charge is 1.89. The summed E-state index contributed by atoms with van der Waals surface area (Å²) >= 11 is 0. The molecule has 0 aliphatic carbocycles. The highest BCUT2D eigenvalue weighted by Crippen LogP contribution is 1.81. The molecule has 8 heavy (non-hydrogen) atoms. The Morgan fingerprint density at radius 3 is 2.38 bits per heavy atom. The van der Waals surface area contributed by atoms with E-state index in [2.05, 4.69) is 9.57 Å². The zero-order valence-corrected chi connectivity index (χ0v) is 5.38. The highest BCUT2D eigenvalue weighted by atomic mass is 17.0. The largest absolute Gasteiger partial charge is 0.357 e. The van der Waals surface area contributed by atoms with Crippen LogP contribution < -0.4 is 0 Å². The number of ether oxygens (including phenoxy) is 1. The van der Waals surface area contributed by atoms with Crippen LogP contribution in [0.2, 0.25) is 0 Å². The number of methoxy groups -OCH3 is 1. The standard InChI is InChI=1S/C4H11NO3/c1-5(7-3)8-4-6-2/h4H2,1-3H3. The normalized spacial score (nSPS) is 10.5. The van der Waals surface area contributed by atoms with Crippen molar-refractivity contribution >= 4 is 0 Å². The van der Waals surface area contributed by atoms with Gasteiger partial charge in [0.2, 0.25) is 0 Å². The van der Waals surface area contributed by atoms with E-state index >= 15 is 0 Å². The maximum Gasteiger partial charge on any atom is 0.169 e. The molecule has 0 radical (unpaired) electrons. The van der Waals surface area contributed by atoms with Gasteiger partial charge in [-0.15, -0.1) is 0 Å². The third kappa shape index (κ3) is 4.01. The van der Waals surface area contributed by atoms with Crippen molar-refractivity contribution in [1.29, 1.82) is 0 Å². The van der Waals surface area contributed by atoms with Crippen LogP contribution in [0.25, 0.3) is 0 Å². The summed E-state index contributed by atoms with van der Waals surface area (Å²) < 4.78 is 4.57. The first kappa shape index (κ1) is 7.84. The van der Waals surface area contributed by atoms with Crippen molar-refractivity contribution in [2.24, 2.45) is 0 Å². The van der Waals surface area contributed by atoms with Crippen LogP contribution in [0.4, 0.5) is 0 Å². The van der Waals surface area contributed by atoms with Gasteiger partial charge in [0.25, 0.3) is 0 Å². The van der Waals surface area contributed by atoms with Gasteiger partial charge in [0.15, 0.2) is 6.79 Å². The van der Waals surface area contributed by atoms with Gasteiger partial charge in [-0.1, -0.05) is 5.23 Å². The Morgan fingerprint density at radius 1 is 1.38 bits per heavy atom. The second-order valence-corrected chi connectivity index (χ2v) is 1.16. The van der Waals surface area contributed by atoms with Crippen LogP contribution in [0.3, 0.4) is 0 Å². The van der Waals surface area contributed by atoms with E-state index in [1.54, 1.807) is 14.2 Å². The summed E-state index contributed by atoms with van der Waals surface area (Å²) in [5.74, 6) is 0. The van der Waals surface area contributed by atoms with Gasteiger partial charge in [-0.3, -0.25) is 4.84 Å². The molecule has 0 aromatic heterocycles. The molecule has 4 heteroatoms. The Morgan fingerprint density at radius 2 is 2.00 bits per heavy atom. The Kier molecular flexibility index (Phi) is 4.89. The molecule has 0 saturated carbocycles. The Labute approximate surface area is 48.8 Å². The van der Waals surface area contributed by atoms with E-state index in [4.69, 9.17) is 4.84 Å². The first-order chi connectivity index (χ1) is 3.81. The van der Waals surface area contributed by atoms with Crippen LogP contribution in [0.5, 0.6) is 0 Å². The van der Waals surface area contributed by atoms with Gasteiger partial charge in [0.1, 0.15) is 0 Å². The van der Waals surface area contributed by atoms with Gasteiger partial charge in [-0.05, 0) is 0 Å². The quantitative estimate of drug-likeness (QED) is 0.387. The summed E-state index contributed by atoms with van der Waals surface area (Å²) in [5.41, 5.74) is 0. The lowest BCUT2D eigenvalue weighted by Gasteiger charge is -2.10. The topological polar surface area (TPSA) is 30.9 Å². The molecule has 0 heterocycles. The van der Waals surface area contributed by atoms with E-state index in [0.717, 1.165) is 0 Å². The Bertz CT molecular complexity index is 50.5. The lowest BCUT2D eigenvalue weighted by Crippen LogP contribution is -2.18. The van der Waals surface area contributed by atoms with Gasteiger partial charge in [0.05, 0.1) is 7.11 Å². The average Bonchev–Trinajstić information content (AvgIpc) is 1.83. The molecule has 4 nitrogen and oxygen atoms in total. The van der Waals surface area contributed by atoms with Crippen molar-refractivity contribution < 1.29 is 14.4 Å². The van der Waals surface area contributed by atoms with E-state index in [1.807, 2.05) is 0 Å². The van der Waals surface area contributed by atoms with Crippen molar-refractivity contribution in [2.75, 3.05) is 28.1 Å². The summed E-state index contributed by atoms with van der Waals surface area (Å²) in [7, 11) is 4.69. The molecule has 0 aromatic rings. The van der Waals surface area contributed by atoms with Gasteiger partial charge in [-0.2, -0.15) is 0 Å².